The Morgan fingerprint density at radius 3 is 1.48 bits per heavy atom. The number of esters is 1. The molecule has 9 rings (SSSR count). The second kappa shape index (κ2) is 15.3. The average Bonchev–Trinajstić information content (AvgIpc) is 3.23. The monoisotopic (exact) mass is 833 g/mol. The minimum Gasteiger partial charge on any atom is -0.457 e. The maximum Gasteiger partial charge on any atom is 0.338 e. The van der Waals surface area contributed by atoms with E-state index in [0.29, 0.717) is 5.56 Å². The van der Waals surface area contributed by atoms with E-state index in [-0.39, 0.29) is 40.9 Å². The predicted octanol–water partition coefficient (Wildman–Crippen LogP) is 13.2. The van der Waals surface area contributed by atoms with Gasteiger partial charge in [0.05, 0.1) is 5.56 Å². The van der Waals surface area contributed by atoms with Gasteiger partial charge in [-0.2, -0.15) is 0 Å². The van der Waals surface area contributed by atoms with Crippen LogP contribution in [0.5, 0.6) is 0 Å². The Bertz CT molecular complexity index is 2690. The van der Waals surface area contributed by atoms with E-state index in [1.54, 1.807) is 0 Å². The third-order valence-corrected chi connectivity index (χ3v) is 13.7. The summed E-state index contributed by atoms with van der Waals surface area (Å²) in [6.07, 6.45) is 4.58. The molecule has 6 aromatic rings. The average molecular weight is 833 g/mol. The van der Waals surface area contributed by atoms with Crippen LogP contribution in [0.4, 0.5) is 34.1 Å². The highest BCUT2D eigenvalue weighted by Crippen LogP contribution is 2.48. The standard InChI is InChI=1S/C58H65BN2O2/c1-55(2,3)41-30-42(56(4,5)6)33-45(32-41)60-49-25-19-18-24-47(49)59-48-26-38-22-16-17-23-39(38)27-50(48)61(46-34-43(57(7,8)9)31-44(35-46)58(10,11)12)52-29-40(28-51(60)53(52)59)54(62)63-36-37-20-14-13-15-21-37/h13-15,18-21,24-35H,16-17,22-23,36H2,1-12H3. The van der Waals surface area contributed by atoms with Crippen molar-refractivity contribution in [1.82, 2.24) is 0 Å². The zero-order valence-corrected chi connectivity index (χ0v) is 39.8. The number of carbonyl (C=O) groups excluding carboxylic acids is 1. The molecule has 0 N–H and O–H groups in total. The number of nitrogens with zero attached hydrogens (tertiary/aromatic N) is 2. The van der Waals surface area contributed by atoms with Crippen LogP contribution in [0.15, 0.2) is 115 Å². The number of fused-ring (bicyclic) bond motifs is 5. The molecule has 2 heterocycles. The topological polar surface area (TPSA) is 32.8 Å². The van der Waals surface area contributed by atoms with Crippen molar-refractivity contribution in [2.24, 2.45) is 0 Å². The number of hydrogen-bond donors (Lipinski definition) is 0. The molecule has 0 unspecified atom stereocenters. The zero-order valence-electron chi connectivity index (χ0n) is 39.8. The van der Waals surface area contributed by atoms with Crippen molar-refractivity contribution in [3.8, 4) is 0 Å². The molecule has 0 atom stereocenters. The summed E-state index contributed by atoms with van der Waals surface area (Å²) in [4.78, 5) is 19.7. The lowest BCUT2D eigenvalue weighted by Crippen LogP contribution is -2.61. The third kappa shape index (κ3) is 7.91. The normalized spacial score (nSPS) is 14.8. The highest BCUT2D eigenvalue weighted by Gasteiger charge is 2.45. The first-order valence-corrected chi connectivity index (χ1v) is 23.2. The number of anilines is 6. The van der Waals surface area contributed by atoms with Crippen LogP contribution in [-0.4, -0.2) is 12.7 Å². The molecular formula is C58H65BN2O2. The lowest BCUT2D eigenvalue weighted by atomic mass is 9.33. The molecule has 0 saturated carbocycles. The maximum absolute atomic E-state index is 14.7. The summed E-state index contributed by atoms with van der Waals surface area (Å²) in [6.45, 7) is 27.8. The second-order valence-electron chi connectivity index (χ2n) is 22.6. The van der Waals surface area contributed by atoms with E-state index in [9.17, 15) is 4.79 Å². The van der Waals surface area contributed by atoms with Gasteiger partial charge in [-0.15, -0.1) is 0 Å². The molecule has 5 heteroatoms. The molecule has 4 nitrogen and oxygen atoms in total. The predicted molar refractivity (Wildman–Crippen MR) is 267 cm³/mol. The van der Waals surface area contributed by atoms with Crippen molar-refractivity contribution in [3.63, 3.8) is 0 Å². The molecule has 1 aliphatic carbocycles. The van der Waals surface area contributed by atoms with Gasteiger partial charge in [0, 0.05) is 34.1 Å². The van der Waals surface area contributed by atoms with Crippen molar-refractivity contribution in [1.29, 1.82) is 0 Å². The Balaban J connectivity index is 1.39. The Hall–Kier alpha value is -5.55. The molecule has 63 heavy (non-hydrogen) atoms. The van der Waals surface area contributed by atoms with Crippen molar-refractivity contribution < 1.29 is 9.53 Å². The molecule has 0 radical (unpaired) electrons. The molecule has 0 fully saturated rings. The molecule has 0 aromatic heterocycles. The van der Waals surface area contributed by atoms with Gasteiger partial charge < -0.3 is 14.5 Å². The fourth-order valence-electron chi connectivity index (χ4n) is 9.87. The van der Waals surface area contributed by atoms with Crippen LogP contribution in [0.25, 0.3) is 0 Å². The largest absolute Gasteiger partial charge is 0.457 e. The molecule has 6 aromatic carbocycles. The molecule has 0 spiro atoms. The van der Waals surface area contributed by atoms with Gasteiger partial charge in [0.1, 0.15) is 6.61 Å². The minimum atomic E-state index is -0.331. The van der Waals surface area contributed by atoms with Crippen molar-refractivity contribution in [3.05, 3.63) is 160 Å². The van der Waals surface area contributed by atoms with Crippen molar-refractivity contribution in [2.45, 2.75) is 137 Å². The van der Waals surface area contributed by atoms with Gasteiger partial charge >= 0.3 is 5.97 Å². The Labute approximate surface area is 377 Å². The summed E-state index contributed by atoms with van der Waals surface area (Å²) in [7, 11) is 0. The summed E-state index contributed by atoms with van der Waals surface area (Å²) in [5.41, 5.74) is 19.6. The number of carbonyl (C=O) groups is 1. The van der Waals surface area contributed by atoms with Gasteiger partial charge in [-0.05, 0) is 151 Å². The summed E-state index contributed by atoms with van der Waals surface area (Å²) >= 11 is 0. The van der Waals surface area contributed by atoms with Crippen molar-refractivity contribution in [2.75, 3.05) is 9.80 Å². The Kier molecular flexibility index (Phi) is 10.4. The van der Waals surface area contributed by atoms with Crippen LogP contribution in [0.1, 0.15) is 145 Å². The lowest BCUT2D eigenvalue weighted by Gasteiger charge is -2.45. The molecule has 2 aliphatic heterocycles. The van der Waals surface area contributed by atoms with Gasteiger partial charge in [-0.3, -0.25) is 0 Å². The van der Waals surface area contributed by atoms with E-state index in [1.165, 1.54) is 68.3 Å². The summed E-state index contributed by atoms with van der Waals surface area (Å²) in [5, 5.41) is 0. The minimum absolute atomic E-state index is 0.0453. The second-order valence-corrected chi connectivity index (χ2v) is 22.6. The number of benzene rings is 6. The van der Waals surface area contributed by atoms with Crippen LogP contribution < -0.4 is 26.2 Å². The highest BCUT2D eigenvalue weighted by atomic mass is 16.5. The molecule has 3 aliphatic rings. The summed E-state index contributed by atoms with van der Waals surface area (Å²) in [5.74, 6) is -0.331. The third-order valence-electron chi connectivity index (χ3n) is 13.7. The van der Waals surface area contributed by atoms with Crippen LogP contribution >= 0.6 is 0 Å². The summed E-state index contributed by atoms with van der Waals surface area (Å²) < 4.78 is 6.22. The first kappa shape index (κ1) is 42.7. The van der Waals surface area contributed by atoms with Crippen LogP contribution in [0.3, 0.4) is 0 Å². The SMILES string of the molecule is CC(C)(C)c1cc(N2c3ccccc3B3c4cc5c(cc4N(c4cc(C(C)(C)C)cc(C(C)(C)C)c4)c4cc(C(=O)OCc6ccccc6)cc2c43)CCCC5)cc(C(C)(C)C)c1. The van der Waals surface area contributed by atoms with E-state index >= 15 is 0 Å². The van der Waals surface area contributed by atoms with Gasteiger partial charge in [-0.1, -0.05) is 150 Å². The highest BCUT2D eigenvalue weighted by molar-refractivity contribution is 7.00. The van der Waals surface area contributed by atoms with Gasteiger partial charge in [0.25, 0.3) is 6.71 Å². The Morgan fingerprint density at radius 1 is 0.508 bits per heavy atom. The smallest absolute Gasteiger partial charge is 0.338 e. The van der Waals surface area contributed by atoms with E-state index < -0.39 is 0 Å². The number of aryl methyl sites for hydroxylation is 2. The quantitative estimate of drug-likeness (QED) is 0.128. The van der Waals surface area contributed by atoms with E-state index in [4.69, 9.17) is 4.74 Å². The first-order valence-electron chi connectivity index (χ1n) is 23.2. The number of ether oxygens (including phenoxy) is 1. The van der Waals surface area contributed by atoms with Crippen LogP contribution in [0.2, 0.25) is 0 Å². The number of rotatable bonds is 5. The molecule has 0 saturated heterocycles. The molecule has 0 bridgehead atoms. The lowest BCUT2D eigenvalue weighted by molar-refractivity contribution is 0.0473. The van der Waals surface area contributed by atoms with E-state index in [1.807, 2.05) is 30.3 Å². The van der Waals surface area contributed by atoms with Gasteiger partial charge in [0.15, 0.2) is 0 Å². The van der Waals surface area contributed by atoms with Gasteiger partial charge in [0.2, 0.25) is 0 Å². The number of hydrogen-bond acceptors (Lipinski definition) is 4. The van der Waals surface area contributed by atoms with Crippen molar-refractivity contribution >= 4 is 63.2 Å². The molecular weight excluding hydrogens is 767 g/mol. The fraction of sp³-hybridized carbons (Fsp3) is 0.362. The van der Waals surface area contributed by atoms with E-state index in [2.05, 4.69) is 178 Å². The van der Waals surface area contributed by atoms with Crippen LogP contribution in [0, 0.1) is 0 Å². The first-order chi connectivity index (χ1) is 29.7. The Morgan fingerprint density at radius 2 is 0.968 bits per heavy atom. The van der Waals surface area contributed by atoms with Crippen LogP contribution in [-0.2, 0) is 45.8 Å². The maximum atomic E-state index is 14.7. The van der Waals surface area contributed by atoms with Gasteiger partial charge in [-0.25, -0.2) is 4.79 Å². The zero-order chi connectivity index (χ0) is 44.8. The summed E-state index contributed by atoms with van der Waals surface area (Å²) in [6, 6.07) is 42.7. The molecule has 322 valence electrons. The number of para-hydroxylation sites is 1. The fourth-order valence-corrected chi connectivity index (χ4v) is 9.87. The molecule has 0 amide bonds. The van der Waals surface area contributed by atoms with E-state index in [0.717, 1.165) is 46.8 Å².